The summed E-state index contributed by atoms with van der Waals surface area (Å²) in [6.45, 7) is 4.97. The van der Waals surface area contributed by atoms with Crippen molar-refractivity contribution in [3.63, 3.8) is 0 Å². The third kappa shape index (κ3) is 3.55. The summed E-state index contributed by atoms with van der Waals surface area (Å²) in [5, 5.41) is 3.51. The summed E-state index contributed by atoms with van der Waals surface area (Å²) in [7, 11) is 1.68. The molecule has 0 aliphatic heterocycles. The van der Waals surface area contributed by atoms with Crippen LogP contribution in [0, 0.1) is 13.8 Å². The molecule has 2 aromatic rings. The second-order valence-corrected chi connectivity index (χ2v) is 6.50. The summed E-state index contributed by atoms with van der Waals surface area (Å²) < 4.78 is 7.46. The quantitative estimate of drug-likeness (QED) is 0.739. The number of halogens is 2. The molecule has 0 amide bonds. The highest BCUT2D eigenvalue weighted by Crippen LogP contribution is 2.27. The topological polar surface area (TPSA) is 21.3 Å². The van der Waals surface area contributed by atoms with Crippen molar-refractivity contribution < 1.29 is 4.74 Å². The van der Waals surface area contributed by atoms with Crippen LogP contribution in [-0.2, 0) is 6.54 Å². The van der Waals surface area contributed by atoms with Crippen LogP contribution in [-0.4, -0.2) is 7.11 Å². The highest BCUT2D eigenvalue weighted by atomic mass is 79.9. The molecule has 0 saturated heterocycles. The van der Waals surface area contributed by atoms with Gasteiger partial charge in [-0.2, -0.15) is 0 Å². The van der Waals surface area contributed by atoms with E-state index in [1.54, 1.807) is 7.11 Å². The van der Waals surface area contributed by atoms with E-state index in [9.17, 15) is 0 Å². The zero-order valence-corrected chi connectivity index (χ0v) is 14.9. The van der Waals surface area contributed by atoms with Gasteiger partial charge in [0.1, 0.15) is 5.75 Å². The average Bonchev–Trinajstić information content (AvgIpc) is 2.39. The molecule has 0 aromatic heterocycles. The van der Waals surface area contributed by atoms with Crippen LogP contribution < -0.4 is 10.1 Å². The van der Waals surface area contributed by atoms with E-state index in [1.165, 1.54) is 22.4 Å². The predicted octanol–water partition coefficient (Wildman–Crippen LogP) is 5.45. The van der Waals surface area contributed by atoms with Crippen LogP contribution in [0.25, 0.3) is 0 Å². The van der Waals surface area contributed by atoms with Crippen molar-refractivity contribution >= 4 is 37.5 Å². The molecule has 0 atom stereocenters. The maximum atomic E-state index is 5.27. The van der Waals surface area contributed by atoms with Crippen molar-refractivity contribution in [2.75, 3.05) is 12.4 Å². The van der Waals surface area contributed by atoms with E-state index >= 15 is 0 Å². The van der Waals surface area contributed by atoms with Gasteiger partial charge in [-0.1, -0.05) is 31.9 Å². The third-order valence-corrected chi connectivity index (χ3v) is 4.44. The first-order chi connectivity index (χ1) is 9.51. The number of methoxy groups -OCH3 is 1. The first-order valence-electron chi connectivity index (χ1n) is 6.34. The van der Waals surface area contributed by atoms with Gasteiger partial charge in [0.2, 0.25) is 0 Å². The van der Waals surface area contributed by atoms with E-state index in [1.807, 2.05) is 18.2 Å². The Morgan fingerprint density at radius 3 is 2.30 bits per heavy atom. The second-order valence-electron chi connectivity index (χ2n) is 4.73. The molecule has 4 heteroatoms. The van der Waals surface area contributed by atoms with Gasteiger partial charge in [-0.25, -0.2) is 0 Å². The highest BCUT2D eigenvalue weighted by Gasteiger charge is 2.06. The Morgan fingerprint density at radius 2 is 1.70 bits per heavy atom. The summed E-state index contributed by atoms with van der Waals surface area (Å²) in [6.07, 6.45) is 0. The van der Waals surface area contributed by atoms with Gasteiger partial charge in [-0.3, -0.25) is 0 Å². The molecule has 2 rings (SSSR count). The Bertz CT molecular complexity index is 603. The predicted molar refractivity (Wildman–Crippen MR) is 91.6 cm³/mol. The van der Waals surface area contributed by atoms with Crippen LogP contribution in [0.2, 0.25) is 0 Å². The molecule has 2 nitrogen and oxygen atoms in total. The monoisotopic (exact) mass is 397 g/mol. The molecular weight excluding hydrogens is 382 g/mol. The number of nitrogens with one attached hydrogen (secondary N) is 1. The van der Waals surface area contributed by atoms with E-state index in [-0.39, 0.29) is 0 Å². The highest BCUT2D eigenvalue weighted by molar-refractivity contribution is 9.10. The molecule has 0 saturated carbocycles. The molecule has 0 spiro atoms. The minimum atomic E-state index is 0.751. The van der Waals surface area contributed by atoms with Gasteiger partial charge in [-0.05, 0) is 60.9 Å². The van der Waals surface area contributed by atoms with Crippen molar-refractivity contribution in [2.45, 2.75) is 20.4 Å². The average molecular weight is 399 g/mol. The fourth-order valence-corrected chi connectivity index (χ4v) is 3.26. The smallest absolute Gasteiger partial charge is 0.119 e. The summed E-state index contributed by atoms with van der Waals surface area (Å²) in [4.78, 5) is 0. The Labute approximate surface area is 136 Å². The molecule has 1 N–H and O–H groups in total. The lowest BCUT2D eigenvalue weighted by Gasteiger charge is -2.15. The summed E-state index contributed by atoms with van der Waals surface area (Å²) in [6, 6.07) is 10.2. The first kappa shape index (κ1) is 15.4. The van der Waals surface area contributed by atoms with Gasteiger partial charge in [0.25, 0.3) is 0 Å². The molecule has 0 unspecified atom stereocenters. The van der Waals surface area contributed by atoms with E-state index in [0.717, 1.165) is 21.2 Å². The number of aryl methyl sites for hydroxylation is 2. The van der Waals surface area contributed by atoms with Crippen molar-refractivity contribution in [3.05, 3.63) is 56.0 Å². The number of hydrogen-bond acceptors (Lipinski definition) is 2. The fraction of sp³-hybridized carbons (Fsp3) is 0.250. The minimum absolute atomic E-state index is 0.751. The maximum absolute atomic E-state index is 5.27. The van der Waals surface area contributed by atoms with Crippen LogP contribution in [0.5, 0.6) is 5.75 Å². The Morgan fingerprint density at radius 1 is 1.05 bits per heavy atom. The Kier molecular flexibility index (Phi) is 5.11. The van der Waals surface area contributed by atoms with Gasteiger partial charge >= 0.3 is 0 Å². The van der Waals surface area contributed by atoms with Crippen LogP contribution in [0.1, 0.15) is 16.7 Å². The molecule has 0 aliphatic rings. The Hall–Kier alpha value is -1.00. The SMILES string of the molecule is COc1ccc(Br)c(CNc2c(C)cc(Br)cc2C)c1. The standard InChI is InChI=1S/C16H17Br2NO/c1-10-6-13(17)7-11(2)16(10)19-9-12-8-14(20-3)4-5-15(12)18/h4-8,19H,9H2,1-3H3. The fourth-order valence-electron chi connectivity index (χ4n) is 2.19. The lowest BCUT2D eigenvalue weighted by Crippen LogP contribution is -2.04. The molecular formula is C16H17Br2NO. The summed E-state index contributed by atoms with van der Waals surface area (Å²) in [5.41, 5.74) is 4.82. The van der Waals surface area contributed by atoms with Gasteiger partial charge in [0.15, 0.2) is 0 Å². The first-order valence-corrected chi connectivity index (χ1v) is 7.93. The maximum Gasteiger partial charge on any atom is 0.119 e. The molecule has 0 bridgehead atoms. The van der Waals surface area contributed by atoms with Gasteiger partial charge < -0.3 is 10.1 Å². The summed E-state index contributed by atoms with van der Waals surface area (Å²) >= 11 is 7.10. The van der Waals surface area contributed by atoms with Crippen molar-refractivity contribution in [3.8, 4) is 5.75 Å². The van der Waals surface area contributed by atoms with Crippen molar-refractivity contribution in [1.82, 2.24) is 0 Å². The summed E-state index contributed by atoms with van der Waals surface area (Å²) in [5.74, 6) is 0.870. The Balaban J connectivity index is 2.21. The van der Waals surface area contributed by atoms with Gasteiger partial charge in [-0.15, -0.1) is 0 Å². The number of benzene rings is 2. The van der Waals surface area contributed by atoms with Gasteiger partial charge in [0.05, 0.1) is 7.11 Å². The zero-order valence-electron chi connectivity index (χ0n) is 11.8. The van der Waals surface area contributed by atoms with Crippen LogP contribution >= 0.6 is 31.9 Å². The van der Waals surface area contributed by atoms with E-state index < -0.39 is 0 Å². The largest absolute Gasteiger partial charge is 0.497 e. The van der Waals surface area contributed by atoms with E-state index in [0.29, 0.717) is 0 Å². The van der Waals surface area contributed by atoms with Crippen LogP contribution in [0.4, 0.5) is 5.69 Å². The number of hydrogen-bond donors (Lipinski definition) is 1. The third-order valence-electron chi connectivity index (χ3n) is 3.21. The molecule has 0 heterocycles. The minimum Gasteiger partial charge on any atom is -0.497 e. The zero-order chi connectivity index (χ0) is 14.7. The molecule has 0 aliphatic carbocycles. The lowest BCUT2D eigenvalue weighted by molar-refractivity contribution is 0.414. The number of rotatable bonds is 4. The van der Waals surface area contributed by atoms with E-state index in [2.05, 4.69) is 63.2 Å². The molecule has 0 radical (unpaired) electrons. The number of anilines is 1. The van der Waals surface area contributed by atoms with Crippen LogP contribution in [0.15, 0.2) is 39.3 Å². The second kappa shape index (κ2) is 6.64. The number of ether oxygens (including phenoxy) is 1. The molecule has 2 aromatic carbocycles. The lowest BCUT2D eigenvalue weighted by atomic mass is 10.1. The van der Waals surface area contributed by atoms with Crippen molar-refractivity contribution in [2.24, 2.45) is 0 Å². The molecule has 0 fully saturated rings. The van der Waals surface area contributed by atoms with Crippen LogP contribution in [0.3, 0.4) is 0 Å². The van der Waals surface area contributed by atoms with Crippen molar-refractivity contribution in [1.29, 1.82) is 0 Å². The molecule has 106 valence electrons. The van der Waals surface area contributed by atoms with Gasteiger partial charge in [0, 0.05) is 21.2 Å². The normalized spacial score (nSPS) is 10.4. The molecule has 20 heavy (non-hydrogen) atoms. The van der Waals surface area contributed by atoms with E-state index in [4.69, 9.17) is 4.74 Å².